The Hall–Kier alpha value is -2.15. The van der Waals surface area contributed by atoms with Gasteiger partial charge in [0, 0.05) is 12.0 Å². The van der Waals surface area contributed by atoms with Crippen molar-refractivity contribution in [3.05, 3.63) is 59.7 Å². The van der Waals surface area contributed by atoms with Crippen LogP contribution in [0.4, 0.5) is 0 Å². The van der Waals surface area contributed by atoms with Gasteiger partial charge in [0.25, 0.3) is 0 Å². The fourth-order valence-corrected chi connectivity index (χ4v) is 2.40. The van der Waals surface area contributed by atoms with Crippen molar-refractivity contribution in [1.29, 1.82) is 0 Å². The number of fused-ring (bicyclic) bond motifs is 3. The molecule has 1 nitrogen and oxygen atoms in total. The monoisotopic (exact) mass is 220 g/mol. The fraction of sp³-hybridized carbons (Fsp3) is 0.0625. The van der Waals surface area contributed by atoms with Gasteiger partial charge in [0.15, 0.2) is 5.78 Å². The highest BCUT2D eigenvalue weighted by Crippen LogP contribution is 2.31. The van der Waals surface area contributed by atoms with Gasteiger partial charge in [-0.15, -0.1) is 0 Å². The second kappa shape index (κ2) is 3.70. The predicted molar refractivity (Wildman–Crippen MR) is 72.0 cm³/mol. The summed E-state index contributed by atoms with van der Waals surface area (Å²) in [6.45, 7) is 3.83. The molecule has 0 N–H and O–H groups in total. The summed E-state index contributed by atoms with van der Waals surface area (Å²) < 4.78 is 0. The van der Waals surface area contributed by atoms with Gasteiger partial charge in [-0.1, -0.05) is 49.1 Å². The van der Waals surface area contributed by atoms with E-state index in [4.69, 9.17) is 0 Å². The van der Waals surface area contributed by atoms with Gasteiger partial charge in [-0.2, -0.15) is 0 Å². The molecule has 0 radical (unpaired) electrons. The Balaban J connectivity index is 2.50. The number of benzene rings is 2. The first-order chi connectivity index (χ1) is 8.31. The topological polar surface area (TPSA) is 17.1 Å². The average molecular weight is 220 g/mol. The molecule has 82 valence electrons. The lowest BCUT2D eigenvalue weighted by molar-refractivity contribution is 0.0994. The van der Waals surface area contributed by atoms with Crippen LogP contribution in [0.15, 0.2) is 43.0 Å². The zero-order valence-corrected chi connectivity index (χ0v) is 9.44. The second-order valence-electron chi connectivity index (χ2n) is 4.21. The van der Waals surface area contributed by atoms with E-state index in [1.165, 1.54) is 0 Å². The Morgan fingerprint density at radius 1 is 1.18 bits per heavy atom. The van der Waals surface area contributed by atoms with Crippen LogP contribution in [0.5, 0.6) is 0 Å². The van der Waals surface area contributed by atoms with Crippen LogP contribution in [0, 0.1) is 0 Å². The van der Waals surface area contributed by atoms with E-state index < -0.39 is 0 Å². The third-order valence-corrected chi connectivity index (χ3v) is 3.23. The van der Waals surface area contributed by atoms with Gasteiger partial charge in [0.05, 0.1) is 0 Å². The lowest BCUT2D eigenvalue weighted by atomic mass is 9.89. The van der Waals surface area contributed by atoms with E-state index in [9.17, 15) is 4.79 Å². The molecular formula is C16H12O. The largest absolute Gasteiger partial charge is 0.294 e. The summed E-state index contributed by atoms with van der Waals surface area (Å²) in [6, 6.07) is 10.1. The Kier molecular flexibility index (Phi) is 2.19. The molecule has 0 fully saturated rings. The van der Waals surface area contributed by atoms with Gasteiger partial charge in [0.2, 0.25) is 0 Å². The summed E-state index contributed by atoms with van der Waals surface area (Å²) in [6.07, 6.45) is 6.30. The maximum absolute atomic E-state index is 11.9. The summed E-state index contributed by atoms with van der Waals surface area (Å²) in [7, 11) is 0. The lowest BCUT2D eigenvalue weighted by Crippen LogP contribution is -2.05. The van der Waals surface area contributed by atoms with Crippen molar-refractivity contribution in [2.75, 3.05) is 0 Å². The van der Waals surface area contributed by atoms with Gasteiger partial charge in [-0.25, -0.2) is 0 Å². The van der Waals surface area contributed by atoms with E-state index in [0.717, 1.165) is 27.5 Å². The summed E-state index contributed by atoms with van der Waals surface area (Å²) in [5.74, 6) is 0.191. The van der Waals surface area contributed by atoms with Crippen LogP contribution >= 0.6 is 0 Å². The Bertz CT molecular complexity index is 663. The predicted octanol–water partition coefficient (Wildman–Crippen LogP) is 4.08. The van der Waals surface area contributed by atoms with E-state index in [-0.39, 0.29) is 5.78 Å². The number of carbonyl (C=O) groups is 1. The van der Waals surface area contributed by atoms with Gasteiger partial charge in [-0.05, 0) is 28.0 Å². The Morgan fingerprint density at radius 2 is 1.94 bits per heavy atom. The van der Waals surface area contributed by atoms with Crippen LogP contribution in [-0.4, -0.2) is 5.78 Å². The smallest absolute Gasteiger partial charge is 0.167 e. The fourth-order valence-electron chi connectivity index (χ4n) is 2.40. The van der Waals surface area contributed by atoms with Gasteiger partial charge in [-0.3, -0.25) is 4.79 Å². The van der Waals surface area contributed by atoms with Crippen LogP contribution in [0.3, 0.4) is 0 Å². The zero-order valence-electron chi connectivity index (χ0n) is 9.44. The van der Waals surface area contributed by atoms with Crippen LogP contribution in [-0.2, 0) is 0 Å². The molecule has 0 amide bonds. The van der Waals surface area contributed by atoms with E-state index >= 15 is 0 Å². The number of carbonyl (C=O) groups excluding carboxylic acids is 1. The van der Waals surface area contributed by atoms with Crippen LogP contribution in [0.1, 0.15) is 27.9 Å². The SMILES string of the molecule is C=Cc1cc2c(c3ccccc13)C=CCC2=O. The normalized spacial score (nSPS) is 13.8. The number of ketones is 1. The van der Waals surface area contributed by atoms with Crippen LogP contribution < -0.4 is 0 Å². The number of allylic oxidation sites excluding steroid dienone is 1. The number of rotatable bonds is 1. The molecule has 0 saturated heterocycles. The highest BCUT2D eigenvalue weighted by molar-refractivity contribution is 6.10. The minimum Gasteiger partial charge on any atom is -0.294 e. The minimum absolute atomic E-state index is 0.191. The molecule has 17 heavy (non-hydrogen) atoms. The highest BCUT2D eigenvalue weighted by Gasteiger charge is 2.16. The summed E-state index contributed by atoms with van der Waals surface area (Å²) in [4.78, 5) is 11.9. The third-order valence-electron chi connectivity index (χ3n) is 3.23. The molecule has 0 saturated carbocycles. The molecule has 2 aromatic rings. The van der Waals surface area contributed by atoms with Crippen molar-refractivity contribution in [3.63, 3.8) is 0 Å². The standard InChI is InChI=1S/C16H12O/c1-2-11-10-15-14(8-5-9-16(15)17)13-7-4-3-6-12(11)13/h2-8,10H,1,9H2. The molecule has 0 aliphatic heterocycles. The highest BCUT2D eigenvalue weighted by atomic mass is 16.1. The molecule has 0 aromatic heterocycles. The Morgan fingerprint density at radius 3 is 2.71 bits per heavy atom. The first kappa shape index (κ1) is 10.0. The molecule has 0 heterocycles. The van der Waals surface area contributed by atoms with E-state index in [1.807, 2.05) is 36.4 Å². The number of hydrogen-bond donors (Lipinski definition) is 0. The summed E-state index contributed by atoms with van der Waals surface area (Å²) in [5, 5.41) is 2.28. The first-order valence-electron chi connectivity index (χ1n) is 5.69. The maximum Gasteiger partial charge on any atom is 0.167 e. The molecule has 0 unspecified atom stereocenters. The third kappa shape index (κ3) is 1.43. The quantitative estimate of drug-likeness (QED) is 0.707. The number of hydrogen-bond acceptors (Lipinski definition) is 1. The molecule has 0 spiro atoms. The molecule has 1 aliphatic rings. The van der Waals surface area contributed by atoms with Crippen molar-refractivity contribution in [1.82, 2.24) is 0 Å². The number of Topliss-reactive ketones (excluding diaryl/α,β-unsaturated/α-hetero) is 1. The van der Waals surface area contributed by atoms with Gasteiger partial charge >= 0.3 is 0 Å². The molecule has 2 aromatic carbocycles. The maximum atomic E-state index is 11.9. The van der Waals surface area contributed by atoms with Crippen molar-refractivity contribution in [2.24, 2.45) is 0 Å². The molecular weight excluding hydrogens is 208 g/mol. The molecule has 0 bridgehead atoms. The molecule has 3 rings (SSSR count). The van der Waals surface area contributed by atoms with Gasteiger partial charge in [0.1, 0.15) is 0 Å². The van der Waals surface area contributed by atoms with E-state index in [1.54, 1.807) is 0 Å². The van der Waals surface area contributed by atoms with E-state index in [2.05, 4.69) is 18.7 Å². The minimum atomic E-state index is 0.191. The van der Waals surface area contributed by atoms with Crippen molar-refractivity contribution >= 4 is 28.7 Å². The van der Waals surface area contributed by atoms with Gasteiger partial charge < -0.3 is 0 Å². The van der Waals surface area contributed by atoms with Crippen LogP contribution in [0.25, 0.3) is 22.9 Å². The second-order valence-corrected chi connectivity index (χ2v) is 4.21. The summed E-state index contributed by atoms with van der Waals surface area (Å²) >= 11 is 0. The molecule has 1 aliphatic carbocycles. The van der Waals surface area contributed by atoms with Crippen LogP contribution in [0.2, 0.25) is 0 Å². The Labute approximate surface area is 100 Å². The average Bonchev–Trinajstić information content (AvgIpc) is 2.38. The van der Waals surface area contributed by atoms with Crippen molar-refractivity contribution in [3.8, 4) is 0 Å². The zero-order chi connectivity index (χ0) is 11.8. The summed E-state index contributed by atoms with van der Waals surface area (Å²) in [5.41, 5.74) is 2.89. The molecule has 1 heteroatoms. The van der Waals surface area contributed by atoms with Crippen molar-refractivity contribution in [2.45, 2.75) is 6.42 Å². The van der Waals surface area contributed by atoms with E-state index in [0.29, 0.717) is 6.42 Å². The lowest BCUT2D eigenvalue weighted by Gasteiger charge is -2.14. The first-order valence-corrected chi connectivity index (χ1v) is 5.69. The molecule has 0 atom stereocenters. The van der Waals surface area contributed by atoms with Crippen molar-refractivity contribution < 1.29 is 4.79 Å².